The van der Waals surface area contributed by atoms with E-state index in [4.69, 9.17) is 4.99 Å². The monoisotopic (exact) mass is 265 g/mol. The van der Waals surface area contributed by atoms with Crippen LogP contribution < -0.4 is 5.49 Å². The SMILES string of the molecule is CC(C)n1ccc2ccc(=Nc3ccccc3)n(C)c21. The Hall–Kier alpha value is -2.29. The summed E-state index contributed by atoms with van der Waals surface area (Å²) in [7, 11) is 2.07. The van der Waals surface area contributed by atoms with Gasteiger partial charge in [-0.1, -0.05) is 18.2 Å². The minimum absolute atomic E-state index is 0.436. The van der Waals surface area contributed by atoms with Crippen molar-refractivity contribution >= 4 is 16.7 Å². The lowest BCUT2D eigenvalue weighted by Crippen LogP contribution is -2.19. The van der Waals surface area contributed by atoms with Crippen molar-refractivity contribution in [2.24, 2.45) is 12.0 Å². The third-order valence-corrected chi connectivity index (χ3v) is 3.55. The summed E-state index contributed by atoms with van der Waals surface area (Å²) in [6.07, 6.45) is 2.14. The average molecular weight is 265 g/mol. The van der Waals surface area contributed by atoms with Gasteiger partial charge >= 0.3 is 0 Å². The van der Waals surface area contributed by atoms with Gasteiger partial charge in [0.15, 0.2) is 0 Å². The molecule has 3 nitrogen and oxygen atoms in total. The van der Waals surface area contributed by atoms with Crippen LogP contribution in [0, 0.1) is 0 Å². The molecule has 0 amide bonds. The zero-order chi connectivity index (χ0) is 14.1. The molecule has 0 aliphatic heterocycles. The van der Waals surface area contributed by atoms with Crippen molar-refractivity contribution in [3.63, 3.8) is 0 Å². The van der Waals surface area contributed by atoms with Crippen LogP contribution in [0.25, 0.3) is 11.0 Å². The molecule has 0 radical (unpaired) electrons. The molecule has 0 unspecified atom stereocenters. The van der Waals surface area contributed by atoms with Crippen LogP contribution in [0.2, 0.25) is 0 Å². The maximum absolute atomic E-state index is 4.72. The number of fused-ring (bicyclic) bond motifs is 1. The number of aryl methyl sites for hydroxylation is 1. The number of aromatic nitrogens is 2. The van der Waals surface area contributed by atoms with E-state index >= 15 is 0 Å². The maximum atomic E-state index is 4.72. The Morgan fingerprint density at radius 1 is 0.950 bits per heavy atom. The highest BCUT2D eigenvalue weighted by Gasteiger charge is 2.06. The van der Waals surface area contributed by atoms with Gasteiger partial charge in [-0.25, -0.2) is 4.99 Å². The summed E-state index contributed by atoms with van der Waals surface area (Å²) in [6, 6.07) is 16.9. The molecule has 2 aromatic heterocycles. The topological polar surface area (TPSA) is 22.2 Å². The lowest BCUT2D eigenvalue weighted by molar-refractivity contribution is 0.606. The average Bonchev–Trinajstić information content (AvgIpc) is 2.88. The zero-order valence-corrected chi connectivity index (χ0v) is 12.1. The molecular weight excluding hydrogens is 246 g/mol. The van der Waals surface area contributed by atoms with Crippen LogP contribution in [-0.4, -0.2) is 9.13 Å². The van der Waals surface area contributed by atoms with E-state index in [0.29, 0.717) is 6.04 Å². The van der Waals surface area contributed by atoms with Crippen LogP contribution in [0.4, 0.5) is 5.69 Å². The van der Waals surface area contributed by atoms with Gasteiger partial charge in [0, 0.05) is 24.7 Å². The molecule has 3 heteroatoms. The fourth-order valence-corrected chi connectivity index (χ4v) is 2.50. The molecule has 0 N–H and O–H groups in total. The van der Waals surface area contributed by atoms with E-state index in [1.807, 2.05) is 30.3 Å². The highest BCUT2D eigenvalue weighted by atomic mass is 15.1. The summed E-state index contributed by atoms with van der Waals surface area (Å²) >= 11 is 0. The number of para-hydroxylation sites is 1. The first-order chi connectivity index (χ1) is 9.66. The second-order valence-corrected chi connectivity index (χ2v) is 5.29. The van der Waals surface area contributed by atoms with Crippen molar-refractivity contribution in [1.29, 1.82) is 0 Å². The first-order valence-corrected chi connectivity index (χ1v) is 6.93. The molecule has 20 heavy (non-hydrogen) atoms. The Morgan fingerprint density at radius 2 is 1.70 bits per heavy atom. The smallest absolute Gasteiger partial charge is 0.134 e. The minimum Gasteiger partial charge on any atom is -0.331 e. The van der Waals surface area contributed by atoms with Gasteiger partial charge in [-0.05, 0) is 44.2 Å². The Balaban J connectivity index is 2.26. The van der Waals surface area contributed by atoms with Gasteiger partial charge in [-0.3, -0.25) is 0 Å². The van der Waals surface area contributed by atoms with E-state index in [1.54, 1.807) is 0 Å². The molecule has 0 atom stereocenters. The summed E-state index contributed by atoms with van der Waals surface area (Å²) in [5.74, 6) is 0. The van der Waals surface area contributed by atoms with E-state index in [2.05, 4.69) is 54.4 Å². The van der Waals surface area contributed by atoms with Gasteiger partial charge in [-0.2, -0.15) is 0 Å². The highest BCUT2D eigenvalue weighted by molar-refractivity contribution is 5.76. The standard InChI is InChI=1S/C17H19N3/c1-13(2)20-12-11-14-9-10-16(19(3)17(14)20)18-15-7-5-4-6-8-15/h4-13H,1-3H3. The van der Waals surface area contributed by atoms with E-state index in [1.165, 1.54) is 11.0 Å². The molecule has 3 aromatic rings. The third kappa shape index (κ3) is 2.16. The maximum Gasteiger partial charge on any atom is 0.134 e. The molecule has 0 saturated heterocycles. The van der Waals surface area contributed by atoms with E-state index < -0.39 is 0 Å². The van der Waals surface area contributed by atoms with E-state index in [0.717, 1.165) is 11.2 Å². The van der Waals surface area contributed by atoms with Crippen molar-refractivity contribution < 1.29 is 0 Å². The molecule has 0 fully saturated rings. The van der Waals surface area contributed by atoms with Crippen LogP contribution in [0.3, 0.4) is 0 Å². The summed E-state index contributed by atoms with van der Waals surface area (Å²) in [5.41, 5.74) is 3.14. The quantitative estimate of drug-likeness (QED) is 0.672. The first-order valence-electron chi connectivity index (χ1n) is 6.93. The van der Waals surface area contributed by atoms with Crippen molar-refractivity contribution in [1.82, 2.24) is 9.13 Å². The van der Waals surface area contributed by atoms with Crippen molar-refractivity contribution in [2.45, 2.75) is 19.9 Å². The molecule has 0 aliphatic rings. The molecule has 0 saturated carbocycles. The molecule has 2 heterocycles. The summed E-state index contributed by atoms with van der Waals surface area (Å²) in [6.45, 7) is 4.39. The predicted octanol–water partition coefficient (Wildman–Crippen LogP) is 3.79. The van der Waals surface area contributed by atoms with Gasteiger partial charge in [0.2, 0.25) is 0 Å². The fourth-order valence-electron chi connectivity index (χ4n) is 2.50. The molecule has 0 aliphatic carbocycles. The van der Waals surface area contributed by atoms with Crippen molar-refractivity contribution in [3.8, 4) is 0 Å². The number of hydrogen-bond donors (Lipinski definition) is 0. The van der Waals surface area contributed by atoms with Crippen LogP contribution in [-0.2, 0) is 7.05 Å². The Morgan fingerprint density at radius 3 is 2.40 bits per heavy atom. The van der Waals surface area contributed by atoms with E-state index in [9.17, 15) is 0 Å². The fraction of sp³-hybridized carbons (Fsp3) is 0.235. The normalized spacial score (nSPS) is 12.5. The third-order valence-electron chi connectivity index (χ3n) is 3.55. The highest BCUT2D eigenvalue weighted by Crippen LogP contribution is 2.18. The second kappa shape index (κ2) is 5.00. The number of benzene rings is 1. The van der Waals surface area contributed by atoms with Crippen molar-refractivity contribution in [2.75, 3.05) is 0 Å². The number of nitrogens with zero attached hydrogens (tertiary/aromatic N) is 3. The molecular formula is C17H19N3. The van der Waals surface area contributed by atoms with Gasteiger partial charge < -0.3 is 9.13 Å². The first kappa shape index (κ1) is 12.7. The Kier molecular flexibility index (Phi) is 3.18. The molecule has 0 bridgehead atoms. The van der Waals surface area contributed by atoms with Crippen LogP contribution in [0.1, 0.15) is 19.9 Å². The van der Waals surface area contributed by atoms with Gasteiger partial charge in [0.25, 0.3) is 0 Å². The summed E-state index contributed by atoms with van der Waals surface area (Å²) in [5, 5.41) is 1.24. The predicted molar refractivity (Wildman–Crippen MR) is 83.0 cm³/mol. The minimum atomic E-state index is 0.436. The summed E-state index contributed by atoms with van der Waals surface area (Å²) < 4.78 is 4.43. The zero-order valence-electron chi connectivity index (χ0n) is 12.1. The largest absolute Gasteiger partial charge is 0.331 e. The molecule has 3 rings (SSSR count). The van der Waals surface area contributed by atoms with Gasteiger partial charge in [0.05, 0.1) is 5.69 Å². The van der Waals surface area contributed by atoms with Gasteiger partial charge in [0.1, 0.15) is 11.1 Å². The van der Waals surface area contributed by atoms with Crippen LogP contribution in [0.15, 0.2) is 59.7 Å². The Labute approximate surface area is 118 Å². The van der Waals surface area contributed by atoms with Crippen molar-refractivity contribution in [3.05, 3.63) is 60.2 Å². The Bertz CT molecular complexity index is 792. The number of hydrogen-bond acceptors (Lipinski definition) is 1. The van der Waals surface area contributed by atoms with E-state index in [-0.39, 0.29) is 0 Å². The van der Waals surface area contributed by atoms with Gasteiger partial charge in [-0.15, -0.1) is 0 Å². The number of pyridine rings is 1. The molecule has 102 valence electrons. The number of rotatable bonds is 2. The molecule has 0 spiro atoms. The second-order valence-electron chi connectivity index (χ2n) is 5.29. The summed E-state index contributed by atoms with van der Waals surface area (Å²) in [4.78, 5) is 4.72. The molecule has 1 aromatic carbocycles. The van der Waals surface area contributed by atoms with Crippen LogP contribution >= 0.6 is 0 Å². The lowest BCUT2D eigenvalue weighted by Gasteiger charge is -2.12. The lowest BCUT2D eigenvalue weighted by atomic mass is 10.3. The van der Waals surface area contributed by atoms with Crippen LogP contribution in [0.5, 0.6) is 0 Å².